The summed E-state index contributed by atoms with van der Waals surface area (Å²) in [7, 11) is 0. The van der Waals surface area contributed by atoms with Crippen molar-refractivity contribution in [1.82, 2.24) is 9.78 Å². The molecule has 6 nitrogen and oxygen atoms in total. The summed E-state index contributed by atoms with van der Waals surface area (Å²) >= 11 is 6.20. The third kappa shape index (κ3) is 4.27. The smallest absolute Gasteiger partial charge is 0.335 e. The molecule has 160 valence electrons. The third-order valence-electron chi connectivity index (χ3n) is 6.34. The Morgan fingerprint density at radius 1 is 1.13 bits per heavy atom. The quantitative estimate of drug-likeness (QED) is 0.621. The highest BCUT2D eigenvalue weighted by Crippen LogP contribution is 2.42. The lowest BCUT2D eigenvalue weighted by atomic mass is 9.68. The SMILES string of the molecule is NCC1(c2cccc(Cl)c2)CCC(n2nc(-c3ccc(C(=O)O)cc3)ccc2=O)CC1. The predicted molar refractivity (Wildman–Crippen MR) is 121 cm³/mol. The molecule has 0 atom stereocenters. The Morgan fingerprint density at radius 2 is 1.84 bits per heavy atom. The summed E-state index contributed by atoms with van der Waals surface area (Å²) < 4.78 is 1.57. The maximum atomic E-state index is 12.6. The van der Waals surface area contributed by atoms with E-state index in [1.165, 1.54) is 18.2 Å². The molecule has 3 aromatic rings. The van der Waals surface area contributed by atoms with Crippen molar-refractivity contribution < 1.29 is 9.90 Å². The Hall–Kier alpha value is -2.96. The van der Waals surface area contributed by atoms with Crippen molar-refractivity contribution in [2.24, 2.45) is 5.73 Å². The normalized spacial score (nSPS) is 21.0. The van der Waals surface area contributed by atoms with Gasteiger partial charge in [0, 0.05) is 28.6 Å². The molecule has 7 heteroatoms. The van der Waals surface area contributed by atoms with E-state index in [-0.39, 0.29) is 22.6 Å². The number of nitrogens with two attached hydrogens (primary N) is 1. The van der Waals surface area contributed by atoms with Crippen LogP contribution < -0.4 is 11.3 Å². The molecule has 0 aliphatic heterocycles. The number of carboxylic acid groups (broad SMARTS) is 1. The third-order valence-corrected chi connectivity index (χ3v) is 6.57. The highest BCUT2D eigenvalue weighted by atomic mass is 35.5. The second-order valence-electron chi connectivity index (χ2n) is 8.11. The summed E-state index contributed by atoms with van der Waals surface area (Å²) in [5.41, 5.74) is 8.68. The van der Waals surface area contributed by atoms with E-state index < -0.39 is 5.97 Å². The second-order valence-corrected chi connectivity index (χ2v) is 8.55. The van der Waals surface area contributed by atoms with Gasteiger partial charge < -0.3 is 10.8 Å². The van der Waals surface area contributed by atoms with Gasteiger partial charge in [-0.2, -0.15) is 5.10 Å². The molecule has 1 aliphatic carbocycles. The van der Waals surface area contributed by atoms with Crippen LogP contribution in [0.2, 0.25) is 5.02 Å². The fourth-order valence-corrected chi connectivity index (χ4v) is 4.64. The Balaban J connectivity index is 1.58. The van der Waals surface area contributed by atoms with Gasteiger partial charge in [0.15, 0.2) is 0 Å². The van der Waals surface area contributed by atoms with Gasteiger partial charge >= 0.3 is 5.97 Å². The molecule has 0 spiro atoms. The van der Waals surface area contributed by atoms with Crippen LogP contribution in [0.4, 0.5) is 0 Å². The summed E-state index contributed by atoms with van der Waals surface area (Å²) in [6.45, 7) is 0.526. The van der Waals surface area contributed by atoms with E-state index >= 15 is 0 Å². The van der Waals surface area contributed by atoms with Crippen LogP contribution in [0.15, 0.2) is 65.5 Å². The van der Waals surface area contributed by atoms with Crippen LogP contribution >= 0.6 is 11.6 Å². The van der Waals surface area contributed by atoms with E-state index in [4.69, 9.17) is 22.4 Å². The van der Waals surface area contributed by atoms with Crippen LogP contribution in [-0.2, 0) is 5.41 Å². The Morgan fingerprint density at radius 3 is 2.45 bits per heavy atom. The summed E-state index contributed by atoms with van der Waals surface area (Å²) in [5.74, 6) is -0.977. The summed E-state index contributed by atoms with van der Waals surface area (Å²) in [6.07, 6.45) is 3.27. The molecule has 1 fully saturated rings. The molecule has 1 aliphatic rings. The van der Waals surface area contributed by atoms with Gasteiger partial charge in [-0.05, 0) is 61.6 Å². The van der Waals surface area contributed by atoms with Crippen LogP contribution in [0.5, 0.6) is 0 Å². The summed E-state index contributed by atoms with van der Waals surface area (Å²) in [6, 6.07) is 17.6. The highest BCUT2D eigenvalue weighted by Gasteiger charge is 2.37. The Kier molecular flexibility index (Phi) is 5.94. The molecule has 4 rings (SSSR count). The van der Waals surface area contributed by atoms with Crippen molar-refractivity contribution in [2.75, 3.05) is 6.54 Å². The number of carbonyl (C=O) groups is 1. The van der Waals surface area contributed by atoms with Crippen LogP contribution in [0, 0.1) is 0 Å². The molecular weight excluding hydrogens is 414 g/mol. The summed E-state index contributed by atoms with van der Waals surface area (Å²) in [5, 5.41) is 14.4. The lowest BCUT2D eigenvalue weighted by Crippen LogP contribution is -2.41. The van der Waals surface area contributed by atoms with Gasteiger partial charge in [-0.25, -0.2) is 9.48 Å². The first kappa shape index (κ1) is 21.3. The van der Waals surface area contributed by atoms with Crippen LogP contribution in [-0.4, -0.2) is 27.4 Å². The highest BCUT2D eigenvalue weighted by molar-refractivity contribution is 6.30. The van der Waals surface area contributed by atoms with Gasteiger partial charge in [0.1, 0.15) is 0 Å². The van der Waals surface area contributed by atoms with E-state index in [0.717, 1.165) is 36.8 Å². The Bertz CT molecular complexity index is 1150. The molecule has 2 aromatic carbocycles. The van der Waals surface area contributed by atoms with Gasteiger partial charge in [-0.3, -0.25) is 4.79 Å². The number of nitrogens with zero attached hydrogens (tertiary/aromatic N) is 2. The molecule has 0 saturated heterocycles. The topological polar surface area (TPSA) is 98.2 Å². The zero-order valence-electron chi connectivity index (χ0n) is 17.0. The van der Waals surface area contributed by atoms with Crippen LogP contribution in [0.1, 0.15) is 47.6 Å². The van der Waals surface area contributed by atoms with Crippen molar-refractivity contribution >= 4 is 17.6 Å². The number of rotatable bonds is 5. The van der Waals surface area contributed by atoms with Crippen molar-refractivity contribution in [1.29, 1.82) is 0 Å². The molecule has 1 saturated carbocycles. The largest absolute Gasteiger partial charge is 0.478 e. The number of benzene rings is 2. The van der Waals surface area contributed by atoms with Crippen molar-refractivity contribution in [3.05, 3.63) is 87.2 Å². The summed E-state index contributed by atoms with van der Waals surface area (Å²) in [4.78, 5) is 23.6. The minimum Gasteiger partial charge on any atom is -0.478 e. The average Bonchev–Trinajstić information content (AvgIpc) is 2.79. The fourth-order valence-electron chi connectivity index (χ4n) is 4.45. The zero-order chi connectivity index (χ0) is 22.0. The lowest BCUT2D eigenvalue weighted by Gasteiger charge is -2.40. The molecule has 0 bridgehead atoms. The predicted octanol–water partition coefficient (Wildman–Crippen LogP) is 4.27. The van der Waals surface area contributed by atoms with E-state index in [1.807, 2.05) is 18.2 Å². The molecule has 1 heterocycles. The van der Waals surface area contributed by atoms with Crippen molar-refractivity contribution in [2.45, 2.75) is 37.1 Å². The van der Waals surface area contributed by atoms with E-state index in [1.54, 1.807) is 22.9 Å². The molecule has 31 heavy (non-hydrogen) atoms. The van der Waals surface area contributed by atoms with Crippen molar-refractivity contribution in [3.63, 3.8) is 0 Å². The first-order valence-electron chi connectivity index (χ1n) is 10.3. The monoisotopic (exact) mass is 437 g/mol. The van der Waals surface area contributed by atoms with Gasteiger partial charge in [-0.15, -0.1) is 0 Å². The van der Waals surface area contributed by atoms with E-state index in [9.17, 15) is 9.59 Å². The van der Waals surface area contributed by atoms with E-state index in [0.29, 0.717) is 17.3 Å². The number of aromatic nitrogens is 2. The van der Waals surface area contributed by atoms with Crippen LogP contribution in [0.25, 0.3) is 11.3 Å². The van der Waals surface area contributed by atoms with Gasteiger partial charge in [-0.1, -0.05) is 35.9 Å². The molecular formula is C24H24ClN3O3. The van der Waals surface area contributed by atoms with Gasteiger partial charge in [0.2, 0.25) is 0 Å². The van der Waals surface area contributed by atoms with E-state index in [2.05, 4.69) is 11.2 Å². The Labute approximate surface area is 185 Å². The maximum absolute atomic E-state index is 12.6. The minimum absolute atomic E-state index is 0.00963. The first-order chi connectivity index (χ1) is 14.9. The minimum atomic E-state index is -0.977. The molecule has 1 aromatic heterocycles. The fraction of sp³-hybridized carbons (Fsp3) is 0.292. The van der Waals surface area contributed by atoms with Gasteiger partial charge in [0.05, 0.1) is 17.3 Å². The van der Waals surface area contributed by atoms with Crippen LogP contribution in [0.3, 0.4) is 0 Å². The standard InChI is InChI=1S/C24H24ClN3O3/c25-19-3-1-2-18(14-19)24(15-26)12-10-20(11-13-24)28-22(29)9-8-21(27-28)16-4-6-17(7-5-16)23(30)31/h1-9,14,20H,10-13,15,26H2,(H,30,31). The molecule has 0 unspecified atom stereocenters. The number of hydrogen-bond acceptors (Lipinski definition) is 4. The number of aromatic carboxylic acids is 1. The number of halogens is 1. The number of carboxylic acids is 1. The first-order valence-corrected chi connectivity index (χ1v) is 10.7. The lowest BCUT2D eigenvalue weighted by molar-refractivity contribution is 0.0697. The molecule has 0 radical (unpaired) electrons. The number of hydrogen-bond donors (Lipinski definition) is 2. The zero-order valence-corrected chi connectivity index (χ0v) is 17.8. The van der Waals surface area contributed by atoms with Crippen molar-refractivity contribution in [3.8, 4) is 11.3 Å². The maximum Gasteiger partial charge on any atom is 0.335 e. The second kappa shape index (κ2) is 8.65. The van der Waals surface area contributed by atoms with Gasteiger partial charge in [0.25, 0.3) is 5.56 Å². The average molecular weight is 438 g/mol. The molecule has 0 amide bonds. The molecule has 3 N–H and O–H groups in total.